The normalized spacial score (nSPS) is 10.7. The molecule has 0 aliphatic rings. The summed E-state index contributed by atoms with van der Waals surface area (Å²) in [7, 11) is 0. The number of halogens is 1. The van der Waals surface area contributed by atoms with Gasteiger partial charge in [-0.1, -0.05) is 11.6 Å². The van der Waals surface area contributed by atoms with Crippen LogP contribution in [-0.2, 0) is 0 Å². The Morgan fingerprint density at radius 1 is 1.17 bits per heavy atom. The number of anilines is 2. The molecule has 0 aliphatic heterocycles. The summed E-state index contributed by atoms with van der Waals surface area (Å²) in [6.45, 7) is 0. The van der Waals surface area contributed by atoms with Crippen molar-refractivity contribution in [2.45, 2.75) is 0 Å². The summed E-state index contributed by atoms with van der Waals surface area (Å²) in [6, 6.07) is 3.53. The van der Waals surface area contributed by atoms with Gasteiger partial charge in [0.25, 0.3) is 0 Å². The first-order chi connectivity index (χ1) is 8.72. The van der Waals surface area contributed by atoms with Crippen molar-refractivity contribution >= 4 is 44.8 Å². The first kappa shape index (κ1) is 11.2. The lowest BCUT2D eigenvalue weighted by Gasteiger charge is -2.06. The summed E-state index contributed by atoms with van der Waals surface area (Å²) in [4.78, 5) is 12.3. The molecule has 0 aliphatic carbocycles. The Kier molecular flexibility index (Phi) is 2.73. The number of thiazole rings is 1. The molecule has 0 bridgehead atoms. The molecule has 1 aromatic carbocycles. The maximum absolute atomic E-state index is 9.18. The number of benzene rings is 1. The van der Waals surface area contributed by atoms with E-state index in [-0.39, 0.29) is 5.88 Å². The van der Waals surface area contributed by atoms with Crippen LogP contribution in [0.5, 0.6) is 5.88 Å². The number of fused-ring (bicyclic) bond motifs is 1. The number of aromatic hydroxyl groups is 1. The number of aromatic nitrogens is 3. The molecule has 90 valence electrons. The quantitative estimate of drug-likeness (QED) is 0.753. The highest BCUT2D eigenvalue weighted by molar-refractivity contribution is 7.14. The van der Waals surface area contributed by atoms with Crippen molar-refractivity contribution in [3.8, 4) is 5.88 Å². The number of hydrogen-bond acceptors (Lipinski definition) is 6. The third kappa shape index (κ3) is 2.07. The second-order valence-electron chi connectivity index (χ2n) is 3.51. The first-order valence-corrected chi connectivity index (χ1v) is 6.30. The van der Waals surface area contributed by atoms with Gasteiger partial charge in [-0.25, -0.2) is 0 Å². The fourth-order valence-corrected chi connectivity index (χ4v) is 2.31. The molecule has 0 unspecified atom stereocenters. The second kappa shape index (κ2) is 4.40. The SMILES string of the molecule is Oc1csc(Nc2cc3nccnc3cc2Cl)n1. The largest absolute Gasteiger partial charge is 0.493 e. The van der Waals surface area contributed by atoms with Crippen molar-refractivity contribution in [3.63, 3.8) is 0 Å². The summed E-state index contributed by atoms with van der Waals surface area (Å²) >= 11 is 7.44. The smallest absolute Gasteiger partial charge is 0.223 e. The van der Waals surface area contributed by atoms with Crippen LogP contribution in [0.15, 0.2) is 29.9 Å². The van der Waals surface area contributed by atoms with Gasteiger partial charge in [-0.05, 0) is 12.1 Å². The van der Waals surface area contributed by atoms with Gasteiger partial charge in [0.05, 0.1) is 27.1 Å². The molecule has 0 saturated carbocycles. The molecular weight excluding hydrogens is 272 g/mol. The van der Waals surface area contributed by atoms with Crippen LogP contribution >= 0.6 is 22.9 Å². The van der Waals surface area contributed by atoms with E-state index in [0.29, 0.717) is 15.8 Å². The molecule has 0 fully saturated rings. The van der Waals surface area contributed by atoms with E-state index in [4.69, 9.17) is 11.6 Å². The predicted molar refractivity (Wildman–Crippen MR) is 71.6 cm³/mol. The molecule has 18 heavy (non-hydrogen) atoms. The number of rotatable bonds is 2. The summed E-state index contributed by atoms with van der Waals surface area (Å²) in [6.07, 6.45) is 3.24. The minimum atomic E-state index is -0.0146. The van der Waals surface area contributed by atoms with Gasteiger partial charge in [-0.2, -0.15) is 4.98 Å². The number of nitrogens with one attached hydrogen (secondary N) is 1. The van der Waals surface area contributed by atoms with Gasteiger partial charge < -0.3 is 10.4 Å². The fraction of sp³-hybridized carbons (Fsp3) is 0. The molecule has 2 heterocycles. The Labute approximate surface area is 111 Å². The van der Waals surface area contributed by atoms with Crippen LogP contribution in [0.1, 0.15) is 0 Å². The van der Waals surface area contributed by atoms with E-state index in [2.05, 4.69) is 20.3 Å². The van der Waals surface area contributed by atoms with E-state index in [0.717, 1.165) is 11.0 Å². The Balaban J connectivity index is 2.03. The highest BCUT2D eigenvalue weighted by atomic mass is 35.5. The van der Waals surface area contributed by atoms with Crippen molar-refractivity contribution in [1.29, 1.82) is 0 Å². The zero-order valence-corrected chi connectivity index (χ0v) is 10.5. The molecule has 0 saturated heterocycles. The molecule has 5 nitrogen and oxygen atoms in total. The average Bonchev–Trinajstić information content (AvgIpc) is 2.76. The zero-order chi connectivity index (χ0) is 12.5. The summed E-state index contributed by atoms with van der Waals surface area (Å²) in [5.41, 5.74) is 2.15. The van der Waals surface area contributed by atoms with Crippen LogP contribution in [0.4, 0.5) is 10.8 Å². The van der Waals surface area contributed by atoms with E-state index in [1.165, 1.54) is 16.7 Å². The van der Waals surface area contributed by atoms with Crippen LogP contribution < -0.4 is 5.32 Å². The maximum Gasteiger partial charge on any atom is 0.223 e. The fourth-order valence-electron chi connectivity index (χ4n) is 1.52. The lowest BCUT2D eigenvalue weighted by atomic mass is 10.2. The van der Waals surface area contributed by atoms with Crippen LogP contribution in [0.2, 0.25) is 5.02 Å². The Morgan fingerprint density at radius 2 is 1.89 bits per heavy atom. The van der Waals surface area contributed by atoms with E-state index in [1.807, 2.05) is 0 Å². The van der Waals surface area contributed by atoms with Crippen molar-refractivity contribution < 1.29 is 5.11 Å². The van der Waals surface area contributed by atoms with E-state index in [9.17, 15) is 5.11 Å². The summed E-state index contributed by atoms with van der Waals surface area (Å²) < 4.78 is 0. The van der Waals surface area contributed by atoms with Gasteiger partial charge in [0.15, 0.2) is 5.13 Å². The van der Waals surface area contributed by atoms with Crippen molar-refractivity contribution in [2.24, 2.45) is 0 Å². The van der Waals surface area contributed by atoms with Crippen LogP contribution in [0.25, 0.3) is 11.0 Å². The van der Waals surface area contributed by atoms with Gasteiger partial charge in [-0.15, -0.1) is 11.3 Å². The van der Waals surface area contributed by atoms with Crippen molar-refractivity contribution in [1.82, 2.24) is 15.0 Å². The molecule has 3 rings (SSSR count). The van der Waals surface area contributed by atoms with E-state index >= 15 is 0 Å². The van der Waals surface area contributed by atoms with Gasteiger partial charge in [-0.3, -0.25) is 9.97 Å². The first-order valence-electron chi connectivity index (χ1n) is 5.04. The topological polar surface area (TPSA) is 70.9 Å². The minimum Gasteiger partial charge on any atom is -0.493 e. The molecule has 0 radical (unpaired) electrons. The van der Waals surface area contributed by atoms with Crippen molar-refractivity contribution in [2.75, 3.05) is 5.32 Å². The Hall–Kier alpha value is -1.92. The van der Waals surface area contributed by atoms with Crippen molar-refractivity contribution in [3.05, 3.63) is 34.9 Å². The standard InChI is InChI=1S/C11H7ClN4OS/c12-6-3-8-9(14-2-1-13-8)4-7(6)15-11-16-10(17)5-18-11/h1-5,17H,(H,15,16). The third-order valence-electron chi connectivity index (χ3n) is 2.29. The highest BCUT2D eigenvalue weighted by Gasteiger charge is 2.07. The molecule has 2 aromatic heterocycles. The summed E-state index contributed by atoms with van der Waals surface area (Å²) in [5, 5.41) is 14.8. The highest BCUT2D eigenvalue weighted by Crippen LogP contribution is 2.30. The predicted octanol–water partition coefficient (Wildman–Crippen LogP) is 3.19. The Morgan fingerprint density at radius 3 is 2.56 bits per heavy atom. The lowest BCUT2D eigenvalue weighted by Crippen LogP contribution is -1.92. The molecule has 0 atom stereocenters. The number of nitrogens with zero attached hydrogens (tertiary/aromatic N) is 3. The van der Waals surface area contributed by atoms with E-state index in [1.54, 1.807) is 24.5 Å². The average molecular weight is 279 g/mol. The molecule has 0 amide bonds. The van der Waals surface area contributed by atoms with Crippen LogP contribution in [0.3, 0.4) is 0 Å². The lowest BCUT2D eigenvalue weighted by molar-refractivity contribution is 0.458. The van der Waals surface area contributed by atoms with Gasteiger partial charge in [0.2, 0.25) is 5.88 Å². The van der Waals surface area contributed by atoms with E-state index < -0.39 is 0 Å². The monoisotopic (exact) mass is 278 g/mol. The Bertz CT molecular complexity index is 715. The van der Waals surface area contributed by atoms with Crippen LogP contribution in [-0.4, -0.2) is 20.1 Å². The molecule has 0 spiro atoms. The molecule has 7 heteroatoms. The molecule has 2 N–H and O–H groups in total. The van der Waals surface area contributed by atoms with Gasteiger partial charge in [0, 0.05) is 12.4 Å². The minimum absolute atomic E-state index is 0.0146. The van der Waals surface area contributed by atoms with Gasteiger partial charge in [0.1, 0.15) is 0 Å². The molecular formula is C11H7ClN4OS. The summed E-state index contributed by atoms with van der Waals surface area (Å²) in [5.74, 6) is -0.0146. The number of hydrogen-bond donors (Lipinski definition) is 2. The third-order valence-corrected chi connectivity index (χ3v) is 3.35. The molecule has 3 aromatic rings. The zero-order valence-electron chi connectivity index (χ0n) is 8.96. The second-order valence-corrected chi connectivity index (χ2v) is 4.78. The van der Waals surface area contributed by atoms with Crippen LogP contribution in [0, 0.1) is 0 Å². The van der Waals surface area contributed by atoms with Gasteiger partial charge >= 0.3 is 0 Å². The maximum atomic E-state index is 9.18.